The maximum atomic E-state index is 11.3. The molecular formula is C13H14N2O4. The lowest BCUT2D eigenvalue weighted by atomic mass is 10.1. The zero-order valence-electron chi connectivity index (χ0n) is 10.8. The molecule has 2 aromatic rings. The van der Waals surface area contributed by atoms with Crippen molar-refractivity contribution in [2.75, 3.05) is 13.6 Å². The van der Waals surface area contributed by atoms with Crippen LogP contribution < -0.4 is 5.76 Å². The number of aromatic nitrogens is 1. The van der Waals surface area contributed by atoms with E-state index in [0.717, 1.165) is 5.56 Å². The van der Waals surface area contributed by atoms with Gasteiger partial charge >= 0.3 is 5.76 Å². The molecule has 1 aromatic carbocycles. The number of likely N-dealkylation sites (N-methyl/N-ethyl adjacent to an activating group) is 1. The number of benzene rings is 1. The molecule has 0 saturated heterocycles. The van der Waals surface area contributed by atoms with Crippen LogP contribution in [0.25, 0.3) is 11.1 Å². The Hall–Kier alpha value is -2.37. The average molecular weight is 262 g/mol. The maximum absolute atomic E-state index is 11.3. The van der Waals surface area contributed by atoms with E-state index in [0.29, 0.717) is 30.4 Å². The number of rotatable bonds is 4. The lowest BCUT2D eigenvalue weighted by molar-refractivity contribution is -0.137. The van der Waals surface area contributed by atoms with Crippen LogP contribution >= 0.6 is 0 Å². The Morgan fingerprint density at radius 3 is 2.89 bits per heavy atom. The summed E-state index contributed by atoms with van der Waals surface area (Å²) in [6.45, 7) is 0.439. The van der Waals surface area contributed by atoms with Gasteiger partial charge in [0, 0.05) is 20.6 Å². The SMILES string of the molecule is CN(CCc1ccc2oc(=O)n(C)c2c1)C(=O)C=O. The molecule has 0 radical (unpaired) electrons. The summed E-state index contributed by atoms with van der Waals surface area (Å²) in [4.78, 5) is 34.1. The van der Waals surface area contributed by atoms with Crippen molar-refractivity contribution >= 4 is 23.3 Å². The van der Waals surface area contributed by atoms with Crippen molar-refractivity contribution in [2.45, 2.75) is 6.42 Å². The van der Waals surface area contributed by atoms with Crippen molar-refractivity contribution in [1.29, 1.82) is 0 Å². The minimum absolute atomic E-state index is 0.295. The first kappa shape index (κ1) is 13.1. The largest absolute Gasteiger partial charge is 0.419 e. The molecule has 0 atom stereocenters. The first-order chi connectivity index (χ1) is 9.02. The topological polar surface area (TPSA) is 72.5 Å². The second-order valence-electron chi connectivity index (χ2n) is 4.36. The summed E-state index contributed by atoms with van der Waals surface area (Å²) in [6.07, 6.45) is 0.897. The lowest BCUT2D eigenvalue weighted by Crippen LogP contribution is -2.29. The number of carbonyl (C=O) groups is 2. The van der Waals surface area contributed by atoms with Gasteiger partial charge in [-0.3, -0.25) is 14.2 Å². The molecule has 6 heteroatoms. The monoisotopic (exact) mass is 262 g/mol. The van der Waals surface area contributed by atoms with Crippen LogP contribution in [0.4, 0.5) is 0 Å². The van der Waals surface area contributed by atoms with Gasteiger partial charge in [-0.15, -0.1) is 0 Å². The van der Waals surface area contributed by atoms with E-state index in [1.54, 1.807) is 20.2 Å². The zero-order valence-corrected chi connectivity index (χ0v) is 10.8. The summed E-state index contributed by atoms with van der Waals surface area (Å²) in [5, 5.41) is 0. The number of amides is 1. The fourth-order valence-electron chi connectivity index (χ4n) is 1.82. The number of oxazole rings is 1. The van der Waals surface area contributed by atoms with Crippen LogP contribution in [0.3, 0.4) is 0 Å². The molecule has 19 heavy (non-hydrogen) atoms. The number of carbonyl (C=O) groups excluding carboxylic acids is 2. The van der Waals surface area contributed by atoms with Crippen LogP contribution in [0, 0.1) is 0 Å². The van der Waals surface area contributed by atoms with Crippen LogP contribution in [0.15, 0.2) is 27.4 Å². The Morgan fingerprint density at radius 1 is 1.47 bits per heavy atom. The van der Waals surface area contributed by atoms with Crippen molar-refractivity contribution in [2.24, 2.45) is 7.05 Å². The Kier molecular flexibility index (Phi) is 3.50. The minimum atomic E-state index is -0.545. The molecule has 1 heterocycles. The summed E-state index contributed by atoms with van der Waals surface area (Å²) >= 11 is 0. The van der Waals surface area contributed by atoms with Crippen molar-refractivity contribution in [3.63, 3.8) is 0 Å². The molecule has 100 valence electrons. The number of aryl methyl sites for hydroxylation is 1. The summed E-state index contributed by atoms with van der Waals surface area (Å²) in [6, 6.07) is 5.41. The molecule has 1 amide bonds. The summed E-state index contributed by atoms with van der Waals surface area (Å²) in [7, 11) is 3.21. The van der Waals surface area contributed by atoms with E-state index in [1.165, 1.54) is 9.47 Å². The van der Waals surface area contributed by atoms with E-state index in [-0.39, 0.29) is 0 Å². The van der Waals surface area contributed by atoms with E-state index in [2.05, 4.69) is 0 Å². The van der Waals surface area contributed by atoms with Crippen molar-refractivity contribution in [3.8, 4) is 0 Å². The van der Waals surface area contributed by atoms with E-state index in [4.69, 9.17) is 4.42 Å². The highest BCUT2D eigenvalue weighted by molar-refractivity contribution is 6.23. The number of nitrogens with zero attached hydrogens (tertiary/aromatic N) is 2. The van der Waals surface area contributed by atoms with Gasteiger partial charge in [0.2, 0.25) is 6.29 Å². The smallest absolute Gasteiger partial charge is 0.408 e. The molecule has 2 rings (SSSR count). The standard InChI is InChI=1S/C13H14N2O4/c1-14(12(17)8-16)6-5-9-3-4-11-10(7-9)15(2)13(18)19-11/h3-4,7-8H,5-6H2,1-2H3. The van der Waals surface area contributed by atoms with Gasteiger partial charge in [-0.2, -0.15) is 0 Å². The normalized spacial score (nSPS) is 10.6. The van der Waals surface area contributed by atoms with Crippen LogP contribution in [0.5, 0.6) is 0 Å². The molecule has 0 fully saturated rings. The van der Waals surface area contributed by atoms with Crippen LogP contribution in [-0.2, 0) is 23.1 Å². The number of hydrogen-bond donors (Lipinski definition) is 0. The second kappa shape index (κ2) is 5.09. The molecule has 1 aromatic heterocycles. The Bertz CT molecular complexity index is 683. The van der Waals surface area contributed by atoms with Crippen LogP contribution in [-0.4, -0.2) is 35.3 Å². The van der Waals surface area contributed by atoms with Crippen molar-refractivity contribution in [1.82, 2.24) is 9.47 Å². The third kappa shape index (κ3) is 2.57. The fourth-order valence-corrected chi connectivity index (χ4v) is 1.82. The Balaban J connectivity index is 2.18. The zero-order chi connectivity index (χ0) is 14.0. The molecule has 0 N–H and O–H groups in total. The lowest BCUT2D eigenvalue weighted by Gasteiger charge is -2.13. The molecule has 0 aliphatic carbocycles. The molecular weight excluding hydrogens is 248 g/mol. The number of fused-ring (bicyclic) bond motifs is 1. The van der Waals surface area contributed by atoms with Gasteiger partial charge in [0.15, 0.2) is 5.58 Å². The van der Waals surface area contributed by atoms with Crippen molar-refractivity contribution < 1.29 is 14.0 Å². The highest BCUT2D eigenvalue weighted by atomic mass is 16.4. The minimum Gasteiger partial charge on any atom is -0.408 e. The van der Waals surface area contributed by atoms with Gasteiger partial charge < -0.3 is 9.32 Å². The fraction of sp³-hybridized carbons (Fsp3) is 0.308. The second-order valence-corrected chi connectivity index (χ2v) is 4.36. The van der Waals surface area contributed by atoms with Gasteiger partial charge in [0.05, 0.1) is 5.52 Å². The predicted molar refractivity (Wildman–Crippen MR) is 68.9 cm³/mol. The molecule has 6 nitrogen and oxygen atoms in total. The third-order valence-electron chi connectivity index (χ3n) is 3.07. The highest BCUT2D eigenvalue weighted by Crippen LogP contribution is 2.14. The predicted octanol–water partition coefficient (Wildman–Crippen LogP) is 0.331. The van der Waals surface area contributed by atoms with Gasteiger partial charge in [-0.05, 0) is 24.1 Å². The molecule has 0 unspecified atom stereocenters. The number of hydrogen-bond acceptors (Lipinski definition) is 4. The van der Waals surface area contributed by atoms with Crippen molar-refractivity contribution in [3.05, 3.63) is 34.3 Å². The molecule has 0 bridgehead atoms. The van der Waals surface area contributed by atoms with Gasteiger partial charge in [0.25, 0.3) is 5.91 Å². The van der Waals surface area contributed by atoms with E-state index < -0.39 is 11.7 Å². The van der Waals surface area contributed by atoms with Gasteiger partial charge in [0.1, 0.15) is 0 Å². The summed E-state index contributed by atoms with van der Waals surface area (Å²) < 4.78 is 6.46. The summed E-state index contributed by atoms with van der Waals surface area (Å²) in [5.74, 6) is -0.947. The van der Waals surface area contributed by atoms with Crippen LogP contribution in [0.1, 0.15) is 5.56 Å². The first-order valence-corrected chi connectivity index (χ1v) is 5.81. The van der Waals surface area contributed by atoms with E-state index >= 15 is 0 Å². The van der Waals surface area contributed by atoms with Crippen LogP contribution in [0.2, 0.25) is 0 Å². The Labute approximate surface area is 109 Å². The highest BCUT2D eigenvalue weighted by Gasteiger charge is 2.09. The third-order valence-corrected chi connectivity index (χ3v) is 3.07. The molecule has 0 saturated carbocycles. The maximum Gasteiger partial charge on any atom is 0.419 e. The van der Waals surface area contributed by atoms with Gasteiger partial charge in [-0.25, -0.2) is 4.79 Å². The first-order valence-electron chi connectivity index (χ1n) is 5.81. The molecule has 0 aliphatic rings. The van der Waals surface area contributed by atoms with E-state index in [9.17, 15) is 14.4 Å². The Morgan fingerprint density at radius 2 is 2.21 bits per heavy atom. The summed E-state index contributed by atoms with van der Waals surface area (Å²) in [5.41, 5.74) is 2.22. The average Bonchev–Trinajstić information content (AvgIpc) is 2.70. The van der Waals surface area contributed by atoms with Gasteiger partial charge in [-0.1, -0.05) is 6.07 Å². The quantitative estimate of drug-likeness (QED) is 0.588. The molecule has 0 spiro atoms. The van der Waals surface area contributed by atoms with E-state index in [1.807, 2.05) is 12.1 Å². The number of aldehydes is 1. The molecule has 0 aliphatic heterocycles.